The van der Waals surface area contributed by atoms with Crippen LogP contribution in [0.4, 0.5) is 5.69 Å². The molecule has 0 saturated heterocycles. The van der Waals surface area contributed by atoms with E-state index in [9.17, 15) is 4.79 Å². The Morgan fingerprint density at radius 2 is 1.90 bits per heavy atom. The lowest BCUT2D eigenvalue weighted by Crippen LogP contribution is -2.14. The smallest absolute Gasteiger partial charge is 0.228 e. The Morgan fingerprint density at radius 3 is 2.60 bits per heavy atom. The van der Waals surface area contributed by atoms with Gasteiger partial charge in [-0.25, -0.2) is 0 Å². The molecule has 0 atom stereocenters. The maximum Gasteiger partial charge on any atom is 0.228 e. The molecule has 2 aromatic rings. The topological polar surface area (TPSA) is 29.1 Å². The minimum atomic E-state index is -0.0565. The fourth-order valence-corrected chi connectivity index (χ4v) is 2.20. The van der Waals surface area contributed by atoms with Gasteiger partial charge in [0.25, 0.3) is 0 Å². The van der Waals surface area contributed by atoms with Gasteiger partial charge in [0.2, 0.25) is 5.91 Å². The molecule has 2 nitrogen and oxygen atoms in total. The highest BCUT2D eigenvalue weighted by Gasteiger charge is 2.08. The normalized spacial score (nSPS) is 10.6. The Morgan fingerprint density at radius 1 is 1.15 bits per heavy atom. The van der Waals surface area contributed by atoms with Crippen LogP contribution in [0.1, 0.15) is 30.9 Å². The van der Waals surface area contributed by atoms with Crippen molar-refractivity contribution in [3.63, 3.8) is 0 Å². The molecular formula is C17H18ClNO. The SMILES string of the molecule is CC(C)c1cccc(NC(=O)Cc2ccccc2Cl)c1. The molecule has 2 aromatic carbocycles. The zero-order valence-electron chi connectivity index (χ0n) is 11.7. The van der Waals surface area contributed by atoms with Crippen LogP contribution in [0.15, 0.2) is 48.5 Å². The number of hydrogen-bond donors (Lipinski definition) is 1. The second kappa shape index (κ2) is 6.58. The van der Waals surface area contributed by atoms with E-state index in [1.165, 1.54) is 5.56 Å². The standard InChI is InChI=1S/C17H18ClNO/c1-12(2)13-7-5-8-15(10-13)19-17(20)11-14-6-3-4-9-16(14)18/h3-10,12H,11H2,1-2H3,(H,19,20). The molecule has 2 rings (SSSR count). The summed E-state index contributed by atoms with van der Waals surface area (Å²) in [5.41, 5.74) is 2.88. The van der Waals surface area contributed by atoms with Gasteiger partial charge < -0.3 is 5.32 Å². The minimum Gasteiger partial charge on any atom is -0.326 e. The summed E-state index contributed by atoms with van der Waals surface area (Å²) in [5.74, 6) is 0.384. The molecule has 1 amide bonds. The summed E-state index contributed by atoms with van der Waals surface area (Å²) in [7, 11) is 0. The van der Waals surface area contributed by atoms with Crippen LogP contribution in [0.25, 0.3) is 0 Å². The Kier molecular flexibility index (Phi) is 4.80. The number of hydrogen-bond acceptors (Lipinski definition) is 1. The maximum absolute atomic E-state index is 12.0. The quantitative estimate of drug-likeness (QED) is 0.872. The third kappa shape index (κ3) is 3.84. The first-order valence-corrected chi connectivity index (χ1v) is 7.07. The summed E-state index contributed by atoms with van der Waals surface area (Å²) >= 11 is 6.06. The van der Waals surface area contributed by atoms with Crippen LogP contribution in [-0.2, 0) is 11.2 Å². The Balaban J connectivity index is 2.05. The van der Waals surface area contributed by atoms with E-state index in [-0.39, 0.29) is 12.3 Å². The van der Waals surface area contributed by atoms with E-state index in [0.717, 1.165) is 11.3 Å². The van der Waals surface area contributed by atoms with Crippen LogP contribution in [-0.4, -0.2) is 5.91 Å². The summed E-state index contributed by atoms with van der Waals surface area (Å²) in [4.78, 5) is 12.0. The lowest BCUT2D eigenvalue weighted by atomic mass is 10.0. The van der Waals surface area contributed by atoms with Crippen LogP contribution in [0, 0.1) is 0 Å². The van der Waals surface area contributed by atoms with E-state index in [1.54, 1.807) is 6.07 Å². The first-order chi connectivity index (χ1) is 9.56. The van der Waals surface area contributed by atoms with Crippen molar-refractivity contribution in [2.24, 2.45) is 0 Å². The van der Waals surface area contributed by atoms with Crippen LogP contribution in [0.5, 0.6) is 0 Å². The van der Waals surface area contributed by atoms with Gasteiger partial charge in [0, 0.05) is 10.7 Å². The third-order valence-corrected chi connectivity index (χ3v) is 3.51. The predicted molar refractivity (Wildman–Crippen MR) is 84.3 cm³/mol. The molecule has 0 fully saturated rings. The van der Waals surface area contributed by atoms with Gasteiger partial charge in [-0.1, -0.05) is 55.8 Å². The number of amides is 1. The van der Waals surface area contributed by atoms with Crippen molar-refractivity contribution in [2.75, 3.05) is 5.32 Å². The van der Waals surface area contributed by atoms with Gasteiger partial charge in [-0.3, -0.25) is 4.79 Å². The van der Waals surface area contributed by atoms with Gasteiger partial charge in [-0.2, -0.15) is 0 Å². The Labute approximate surface area is 124 Å². The fourth-order valence-electron chi connectivity index (χ4n) is 2.00. The minimum absolute atomic E-state index is 0.0565. The van der Waals surface area contributed by atoms with Crippen LogP contribution >= 0.6 is 11.6 Å². The van der Waals surface area contributed by atoms with Crippen molar-refractivity contribution in [2.45, 2.75) is 26.2 Å². The summed E-state index contributed by atoms with van der Waals surface area (Å²) in [6.45, 7) is 4.26. The highest BCUT2D eigenvalue weighted by atomic mass is 35.5. The van der Waals surface area contributed by atoms with Gasteiger partial charge in [0.1, 0.15) is 0 Å². The average molecular weight is 288 g/mol. The molecule has 0 saturated carbocycles. The lowest BCUT2D eigenvalue weighted by molar-refractivity contribution is -0.115. The molecule has 0 spiro atoms. The molecule has 0 bridgehead atoms. The molecule has 1 N–H and O–H groups in total. The molecule has 0 aliphatic heterocycles. The molecule has 3 heteroatoms. The summed E-state index contributed by atoms with van der Waals surface area (Å²) in [6.07, 6.45) is 0.283. The van der Waals surface area contributed by atoms with Gasteiger partial charge in [0.05, 0.1) is 6.42 Å². The van der Waals surface area contributed by atoms with Crippen molar-refractivity contribution < 1.29 is 4.79 Å². The van der Waals surface area contributed by atoms with Crippen molar-refractivity contribution >= 4 is 23.2 Å². The number of halogens is 1. The summed E-state index contributed by atoms with van der Waals surface area (Å²) in [6, 6.07) is 15.3. The summed E-state index contributed by atoms with van der Waals surface area (Å²) in [5, 5.41) is 3.54. The van der Waals surface area contributed by atoms with Crippen LogP contribution in [0.2, 0.25) is 5.02 Å². The van der Waals surface area contributed by atoms with Crippen LogP contribution < -0.4 is 5.32 Å². The second-order valence-electron chi connectivity index (χ2n) is 5.10. The van der Waals surface area contributed by atoms with E-state index < -0.39 is 0 Å². The van der Waals surface area contributed by atoms with Gasteiger partial charge >= 0.3 is 0 Å². The number of rotatable bonds is 4. The highest BCUT2D eigenvalue weighted by Crippen LogP contribution is 2.19. The van der Waals surface area contributed by atoms with E-state index in [0.29, 0.717) is 10.9 Å². The molecule has 0 aliphatic carbocycles. The van der Waals surface area contributed by atoms with Crippen LogP contribution in [0.3, 0.4) is 0 Å². The number of carbonyl (C=O) groups is 1. The Hall–Kier alpha value is -1.80. The zero-order chi connectivity index (χ0) is 14.5. The Bertz CT molecular complexity index is 607. The molecule has 20 heavy (non-hydrogen) atoms. The van der Waals surface area contributed by atoms with Crippen molar-refractivity contribution in [3.05, 3.63) is 64.7 Å². The van der Waals surface area contributed by atoms with Crippen molar-refractivity contribution in [1.82, 2.24) is 0 Å². The molecule has 0 aromatic heterocycles. The summed E-state index contributed by atoms with van der Waals surface area (Å²) < 4.78 is 0. The van der Waals surface area contributed by atoms with Gasteiger partial charge in [-0.05, 0) is 35.2 Å². The highest BCUT2D eigenvalue weighted by molar-refractivity contribution is 6.31. The molecule has 104 valence electrons. The fraction of sp³-hybridized carbons (Fsp3) is 0.235. The molecular weight excluding hydrogens is 270 g/mol. The molecule has 0 heterocycles. The maximum atomic E-state index is 12.0. The number of carbonyl (C=O) groups excluding carboxylic acids is 1. The number of anilines is 1. The molecule has 0 radical (unpaired) electrons. The zero-order valence-corrected chi connectivity index (χ0v) is 12.4. The molecule has 0 aliphatic rings. The third-order valence-electron chi connectivity index (χ3n) is 3.15. The van der Waals surface area contributed by atoms with Gasteiger partial charge in [0.15, 0.2) is 0 Å². The van der Waals surface area contributed by atoms with E-state index in [2.05, 4.69) is 25.2 Å². The van der Waals surface area contributed by atoms with E-state index in [4.69, 9.17) is 11.6 Å². The number of benzene rings is 2. The monoisotopic (exact) mass is 287 g/mol. The van der Waals surface area contributed by atoms with Crippen molar-refractivity contribution in [1.29, 1.82) is 0 Å². The second-order valence-corrected chi connectivity index (χ2v) is 5.50. The number of nitrogens with one attached hydrogen (secondary N) is 1. The first kappa shape index (κ1) is 14.6. The first-order valence-electron chi connectivity index (χ1n) is 6.69. The van der Waals surface area contributed by atoms with E-state index in [1.807, 2.05) is 36.4 Å². The average Bonchev–Trinajstić information content (AvgIpc) is 2.41. The lowest BCUT2D eigenvalue weighted by Gasteiger charge is -2.10. The van der Waals surface area contributed by atoms with Gasteiger partial charge in [-0.15, -0.1) is 0 Å². The largest absolute Gasteiger partial charge is 0.326 e. The van der Waals surface area contributed by atoms with E-state index >= 15 is 0 Å². The molecule has 0 unspecified atom stereocenters. The predicted octanol–water partition coefficient (Wildman–Crippen LogP) is 4.64. The van der Waals surface area contributed by atoms with Crippen molar-refractivity contribution in [3.8, 4) is 0 Å².